The van der Waals surface area contributed by atoms with E-state index in [2.05, 4.69) is 15.3 Å². The molecular formula is C19H25N3O4. The van der Waals surface area contributed by atoms with Gasteiger partial charge in [0.1, 0.15) is 0 Å². The van der Waals surface area contributed by atoms with Gasteiger partial charge in [0.25, 0.3) is 5.56 Å². The van der Waals surface area contributed by atoms with E-state index in [-0.39, 0.29) is 24.9 Å². The molecule has 0 bridgehead atoms. The maximum atomic E-state index is 11.9. The zero-order chi connectivity index (χ0) is 18.9. The number of hydrogen-bond donors (Lipinski definition) is 3. The van der Waals surface area contributed by atoms with E-state index >= 15 is 0 Å². The Morgan fingerprint density at radius 2 is 1.92 bits per heavy atom. The van der Waals surface area contributed by atoms with Gasteiger partial charge in [0.2, 0.25) is 5.91 Å². The maximum absolute atomic E-state index is 11.9. The molecule has 0 fully saturated rings. The van der Waals surface area contributed by atoms with Gasteiger partial charge in [0.05, 0.1) is 6.10 Å². The molecule has 0 spiro atoms. The van der Waals surface area contributed by atoms with Crippen molar-refractivity contribution in [2.75, 3.05) is 13.2 Å². The second-order valence-electron chi connectivity index (χ2n) is 6.14. The van der Waals surface area contributed by atoms with Crippen LogP contribution >= 0.6 is 0 Å². The third-order valence-corrected chi connectivity index (χ3v) is 4.14. The average molecular weight is 359 g/mol. The number of rotatable bonds is 9. The molecule has 7 heteroatoms. The fraction of sp³-hybridized carbons (Fsp3) is 0.421. The summed E-state index contributed by atoms with van der Waals surface area (Å²) in [4.78, 5) is 39.5. The molecule has 1 unspecified atom stereocenters. The lowest BCUT2D eigenvalue weighted by atomic mass is 10.1. The Labute approximate surface area is 151 Å². The van der Waals surface area contributed by atoms with Crippen molar-refractivity contribution in [2.45, 2.75) is 39.2 Å². The fourth-order valence-electron chi connectivity index (χ4n) is 2.63. The SMILES string of the molecule is Cc1[nH]c(=O)[nH]c(=O)c1CCC(=O)NCCCOC(C)c1ccccc1. The summed E-state index contributed by atoms with van der Waals surface area (Å²) in [5, 5.41) is 2.81. The first kappa shape index (κ1) is 19.7. The highest BCUT2D eigenvalue weighted by molar-refractivity contribution is 5.76. The predicted molar refractivity (Wildman–Crippen MR) is 99.2 cm³/mol. The highest BCUT2D eigenvalue weighted by Crippen LogP contribution is 2.15. The number of aromatic amines is 2. The van der Waals surface area contributed by atoms with Crippen LogP contribution in [0.5, 0.6) is 0 Å². The summed E-state index contributed by atoms with van der Waals surface area (Å²) < 4.78 is 5.75. The molecule has 1 aromatic carbocycles. The summed E-state index contributed by atoms with van der Waals surface area (Å²) in [7, 11) is 0. The number of hydrogen-bond acceptors (Lipinski definition) is 4. The van der Waals surface area contributed by atoms with Crippen LogP contribution in [0.3, 0.4) is 0 Å². The second-order valence-corrected chi connectivity index (χ2v) is 6.14. The van der Waals surface area contributed by atoms with Gasteiger partial charge < -0.3 is 15.0 Å². The fourth-order valence-corrected chi connectivity index (χ4v) is 2.63. The van der Waals surface area contributed by atoms with Crippen molar-refractivity contribution in [3.8, 4) is 0 Å². The molecule has 1 atom stereocenters. The number of ether oxygens (including phenoxy) is 1. The number of carbonyl (C=O) groups excluding carboxylic acids is 1. The third kappa shape index (κ3) is 6.00. The summed E-state index contributed by atoms with van der Waals surface area (Å²) in [6, 6.07) is 9.96. The highest BCUT2D eigenvalue weighted by Gasteiger charge is 2.09. The van der Waals surface area contributed by atoms with Crippen molar-refractivity contribution >= 4 is 5.91 Å². The zero-order valence-electron chi connectivity index (χ0n) is 15.1. The summed E-state index contributed by atoms with van der Waals surface area (Å²) in [5.74, 6) is -0.133. The largest absolute Gasteiger partial charge is 0.374 e. The van der Waals surface area contributed by atoms with Gasteiger partial charge in [-0.1, -0.05) is 30.3 Å². The molecule has 140 valence electrons. The van der Waals surface area contributed by atoms with Crippen LogP contribution in [0.1, 0.15) is 42.7 Å². The zero-order valence-corrected chi connectivity index (χ0v) is 15.1. The number of H-pyrrole nitrogens is 2. The van der Waals surface area contributed by atoms with Crippen molar-refractivity contribution in [1.82, 2.24) is 15.3 Å². The minimum absolute atomic E-state index is 0.0156. The molecule has 1 amide bonds. The molecule has 2 rings (SSSR count). The van der Waals surface area contributed by atoms with Crippen molar-refractivity contribution in [3.05, 3.63) is 68.0 Å². The minimum atomic E-state index is -0.537. The van der Waals surface area contributed by atoms with Crippen LogP contribution in [-0.2, 0) is 16.0 Å². The first-order valence-corrected chi connectivity index (χ1v) is 8.72. The molecule has 0 aliphatic carbocycles. The van der Waals surface area contributed by atoms with Gasteiger partial charge in [-0.2, -0.15) is 0 Å². The molecule has 7 nitrogen and oxygen atoms in total. The lowest BCUT2D eigenvalue weighted by Crippen LogP contribution is -2.29. The summed E-state index contributed by atoms with van der Waals surface area (Å²) in [6.45, 7) is 4.71. The predicted octanol–water partition coefficient (Wildman–Crippen LogP) is 1.59. The molecule has 0 saturated heterocycles. The van der Waals surface area contributed by atoms with E-state index in [9.17, 15) is 14.4 Å². The Balaban J connectivity index is 1.65. The van der Waals surface area contributed by atoms with Gasteiger partial charge in [0, 0.05) is 30.8 Å². The Morgan fingerprint density at radius 3 is 2.62 bits per heavy atom. The summed E-state index contributed by atoms with van der Waals surface area (Å²) >= 11 is 0. The first-order chi connectivity index (χ1) is 12.5. The highest BCUT2D eigenvalue weighted by atomic mass is 16.5. The molecule has 0 saturated carbocycles. The molecule has 0 aliphatic heterocycles. The first-order valence-electron chi connectivity index (χ1n) is 8.72. The van der Waals surface area contributed by atoms with Crippen molar-refractivity contribution < 1.29 is 9.53 Å². The van der Waals surface area contributed by atoms with Gasteiger partial charge in [-0.25, -0.2) is 4.79 Å². The van der Waals surface area contributed by atoms with Crippen molar-refractivity contribution in [1.29, 1.82) is 0 Å². The quantitative estimate of drug-likeness (QED) is 0.591. The average Bonchev–Trinajstić information content (AvgIpc) is 2.61. The van der Waals surface area contributed by atoms with Gasteiger partial charge in [-0.15, -0.1) is 0 Å². The number of aromatic nitrogens is 2. The molecular weight excluding hydrogens is 334 g/mol. The van der Waals surface area contributed by atoms with Gasteiger partial charge in [-0.05, 0) is 32.3 Å². The van der Waals surface area contributed by atoms with Crippen LogP contribution in [0.2, 0.25) is 0 Å². The number of carbonyl (C=O) groups is 1. The third-order valence-electron chi connectivity index (χ3n) is 4.14. The smallest absolute Gasteiger partial charge is 0.325 e. The number of aryl methyl sites for hydroxylation is 1. The summed E-state index contributed by atoms with van der Waals surface area (Å²) in [5.41, 5.74) is 1.07. The number of benzene rings is 1. The number of amides is 1. The van der Waals surface area contributed by atoms with Gasteiger partial charge in [-0.3, -0.25) is 14.6 Å². The molecule has 1 aromatic heterocycles. The molecule has 2 aromatic rings. The summed E-state index contributed by atoms with van der Waals surface area (Å²) in [6.07, 6.45) is 1.20. The minimum Gasteiger partial charge on any atom is -0.374 e. The van der Waals surface area contributed by atoms with Crippen LogP contribution in [0.15, 0.2) is 39.9 Å². The standard InChI is InChI=1S/C19H25N3O4/c1-13-16(18(24)22-19(25)21-13)9-10-17(23)20-11-6-12-26-14(2)15-7-4-3-5-8-15/h3-5,7-8,14H,6,9-12H2,1-2H3,(H,20,23)(H2,21,22,24,25). The Bertz CT molecular complexity index is 827. The molecule has 1 heterocycles. The van der Waals surface area contributed by atoms with E-state index in [0.29, 0.717) is 30.8 Å². The van der Waals surface area contributed by atoms with Crippen LogP contribution in [0, 0.1) is 6.92 Å². The van der Waals surface area contributed by atoms with E-state index < -0.39 is 11.2 Å². The normalized spacial score (nSPS) is 11.9. The topological polar surface area (TPSA) is 104 Å². The second kappa shape index (κ2) is 9.72. The Morgan fingerprint density at radius 1 is 1.19 bits per heavy atom. The lowest BCUT2D eigenvalue weighted by Gasteiger charge is -2.13. The Hall–Kier alpha value is -2.67. The van der Waals surface area contributed by atoms with E-state index in [4.69, 9.17) is 4.74 Å². The van der Waals surface area contributed by atoms with Crippen LogP contribution < -0.4 is 16.6 Å². The maximum Gasteiger partial charge on any atom is 0.325 e. The van der Waals surface area contributed by atoms with Crippen LogP contribution in [0.25, 0.3) is 0 Å². The Kier molecular flexibility index (Phi) is 7.35. The van der Waals surface area contributed by atoms with Gasteiger partial charge in [0.15, 0.2) is 0 Å². The van der Waals surface area contributed by atoms with E-state index in [1.807, 2.05) is 37.3 Å². The van der Waals surface area contributed by atoms with E-state index in [1.54, 1.807) is 6.92 Å². The van der Waals surface area contributed by atoms with Crippen LogP contribution in [-0.4, -0.2) is 29.0 Å². The van der Waals surface area contributed by atoms with Crippen molar-refractivity contribution in [3.63, 3.8) is 0 Å². The lowest BCUT2D eigenvalue weighted by molar-refractivity contribution is -0.121. The molecule has 0 aliphatic rings. The van der Waals surface area contributed by atoms with E-state index in [0.717, 1.165) is 5.56 Å². The molecule has 0 radical (unpaired) electrons. The van der Waals surface area contributed by atoms with Crippen molar-refractivity contribution in [2.24, 2.45) is 0 Å². The van der Waals surface area contributed by atoms with Gasteiger partial charge >= 0.3 is 5.69 Å². The monoisotopic (exact) mass is 359 g/mol. The van der Waals surface area contributed by atoms with Crippen LogP contribution in [0.4, 0.5) is 0 Å². The van der Waals surface area contributed by atoms with E-state index in [1.165, 1.54) is 0 Å². The molecule has 3 N–H and O–H groups in total. The number of nitrogens with one attached hydrogen (secondary N) is 3. The molecule has 26 heavy (non-hydrogen) atoms.